The Balaban J connectivity index is 2.46. The average Bonchev–Trinajstić information content (AvgIpc) is 2.19. The zero-order valence-electron chi connectivity index (χ0n) is 8.68. The normalized spacial score (nSPS) is 20.3. The van der Waals surface area contributed by atoms with Crippen LogP contribution in [-0.2, 0) is 4.84 Å². The molecule has 0 saturated carbocycles. The molecule has 3 heteroatoms. The first-order valence-electron chi connectivity index (χ1n) is 5.19. The lowest BCUT2D eigenvalue weighted by Crippen LogP contribution is -2.31. The van der Waals surface area contributed by atoms with Gasteiger partial charge in [-0.05, 0) is 32.4 Å². The van der Waals surface area contributed by atoms with Crippen LogP contribution in [-0.4, -0.2) is 25.9 Å². The van der Waals surface area contributed by atoms with E-state index < -0.39 is 0 Å². The third-order valence-corrected chi connectivity index (χ3v) is 2.53. The molecule has 13 heavy (non-hydrogen) atoms. The van der Waals surface area contributed by atoms with Gasteiger partial charge in [0.15, 0.2) is 0 Å². The zero-order valence-corrected chi connectivity index (χ0v) is 8.68. The quantitative estimate of drug-likeness (QED) is 0.534. The lowest BCUT2D eigenvalue weighted by Gasteiger charge is -2.23. The van der Waals surface area contributed by atoms with Gasteiger partial charge in [0, 0.05) is 5.92 Å². The minimum atomic E-state index is 0.654. The molecule has 0 spiro atoms. The van der Waals surface area contributed by atoms with Gasteiger partial charge in [-0.3, -0.25) is 0 Å². The Labute approximate surface area is 80.5 Å². The smallest absolute Gasteiger partial charge is 0.106 e. The molecule has 1 heterocycles. The first kappa shape index (κ1) is 10.5. The van der Waals surface area contributed by atoms with E-state index in [4.69, 9.17) is 4.84 Å². The molecule has 1 N–H and O–H groups in total. The summed E-state index contributed by atoms with van der Waals surface area (Å²) >= 11 is 0. The zero-order chi connectivity index (χ0) is 9.52. The number of nitrogens with one attached hydrogen (secondary N) is 1. The minimum Gasteiger partial charge on any atom is -0.399 e. The molecule has 76 valence electrons. The van der Waals surface area contributed by atoms with E-state index in [9.17, 15) is 0 Å². The first-order chi connectivity index (χ1) is 6.38. The molecule has 0 aromatic rings. The second kappa shape index (κ2) is 5.97. The van der Waals surface area contributed by atoms with Gasteiger partial charge >= 0.3 is 0 Å². The minimum absolute atomic E-state index is 0.654. The number of rotatable bonds is 4. The molecule has 0 amide bonds. The molecule has 1 saturated heterocycles. The molecule has 1 rings (SSSR count). The Hall–Kier alpha value is -0.570. The van der Waals surface area contributed by atoms with Crippen LogP contribution in [0, 0.1) is 5.92 Å². The maximum atomic E-state index is 4.88. The van der Waals surface area contributed by atoms with Crippen LogP contribution in [0.2, 0.25) is 0 Å². The Bertz CT molecular complexity index is 162. The summed E-state index contributed by atoms with van der Waals surface area (Å²) in [5, 5.41) is 7.48. The molecular weight excluding hydrogens is 164 g/mol. The monoisotopic (exact) mass is 184 g/mol. The number of hydrogen-bond acceptors (Lipinski definition) is 3. The van der Waals surface area contributed by atoms with Crippen molar-refractivity contribution in [1.29, 1.82) is 0 Å². The summed E-state index contributed by atoms with van der Waals surface area (Å²) in [4.78, 5) is 4.88. The highest BCUT2D eigenvalue weighted by Gasteiger charge is 2.18. The lowest BCUT2D eigenvalue weighted by molar-refractivity contribution is 0.208. The lowest BCUT2D eigenvalue weighted by atomic mass is 9.91. The van der Waals surface area contributed by atoms with E-state index in [1.807, 2.05) is 0 Å². The maximum absolute atomic E-state index is 4.88. The van der Waals surface area contributed by atoms with Crippen molar-refractivity contribution in [3.8, 4) is 0 Å². The standard InChI is InChI=1S/C10H20N2O/c1-3-4-10(12-13-2)9-5-7-11-8-6-9/h9,11H,3-8H2,1-2H3. The van der Waals surface area contributed by atoms with E-state index in [1.54, 1.807) is 7.11 Å². The topological polar surface area (TPSA) is 33.6 Å². The van der Waals surface area contributed by atoms with Crippen LogP contribution in [0.1, 0.15) is 32.6 Å². The van der Waals surface area contributed by atoms with Crippen molar-refractivity contribution in [2.24, 2.45) is 11.1 Å². The van der Waals surface area contributed by atoms with Gasteiger partial charge in [-0.2, -0.15) is 0 Å². The van der Waals surface area contributed by atoms with Crippen LogP contribution in [0.4, 0.5) is 0 Å². The van der Waals surface area contributed by atoms with Crippen LogP contribution in [0.3, 0.4) is 0 Å². The highest BCUT2D eigenvalue weighted by molar-refractivity contribution is 5.86. The molecule has 1 aliphatic heterocycles. The third-order valence-electron chi connectivity index (χ3n) is 2.53. The van der Waals surface area contributed by atoms with E-state index in [-0.39, 0.29) is 0 Å². The van der Waals surface area contributed by atoms with Crippen LogP contribution in [0.5, 0.6) is 0 Å². The van der Waals surface area contributed by atoms with E-state index in [0.717, 1.165) is 25.9 Å². The Morgan fingerprint density at radius 2 is 2.15 bits per heavy atom. The Morgan fingerprint density at radius 1 is 1.46 bits per heavy atom. The van der Waals surface area contributed by atoms with Crippen molar-refractivity contribution in [3.63, 3.8) is 0 Å². The van der Waals surface area contributed by atoms with Crippen LogP contribution in [0.25, 0.3) is 0 Å². The van der Waals surface area contributed by atoms with Crippen molar-refractivity contribution in [2.45, 2.75) is 32.6 Å². The van der Waals surface area contributed by atoms with E-state index in [2.05, 4.69) is 17.4 Å². The average molecular weight is 184 g/mol. The van der Waals surface area contributed by atoms with Crippen LogP contribution in [0.15, 0.2) is 5.16 Å². The van der Waals surface area contributed by atoms with Gasteiger partial charge in [0.05, 0.1) is 5.71 Å². The summed E-state index contributed by atoms with van der Waals surface area (Å²) in [6.07, 6.45) is 4.66. The molecule has 0 aliphatic carbocycles. The molecule has 3 nitrogen and oxygen atoms in total. The van der Waals surface area contributed by atoms with Gasteiger partial charge in [-0.15, -0.1) is 0 Å². The summed E-state index contributed by atoms with van der Waals surface area (Å²) in [7, 11) is 1.64. The summed E-state index contributed by atoms with van der Waals surface area (Å²) in [5.41, 5.74) is 1.26. The van der Waals surface area contributed by atoms with Gasteiger partial charge in [-0.25, -0.2) is 0 Å². The first-order valence-corrected chi connectivity index (χ1v) is 5.19. The van der Waals surface area contributed by atoms with Crippen molar-refractivity contribution in [3.05, 3.63) is 0 Å². The number of hydrogen-bond donors (Lipinski definition) is 1. The SMILES string of the molecule is CCCC(=NOC)C1CCNCC1. The molecule has 1 aliphatic rings. The van der Waals surface area contributed by atoms with Crippen molar-refractivity contribution >= 4 is 5.71 Å². The molecular formula is C10H20N2O. The van der Waals surface area contributed by atoms with Crippen molar-refractivity contribution < 1.29 is 4.84 Å². The second-order valence-electron chi connectivity index (χ2n) is 3.54. The Morgan fingerprint density at radius 3 is 2.69 bits per heavy atom. The maximum Gasteiger partial charge on any atom is 0.106 e. The van der Waals surface area contributed by atoms with Gasteiger partial charge in [0.1, 0.15) is 7.11 Å². The highest BCUT2D eigenvalue weighted by Crippen LogP contribution is 2.16. The summed E-state index contributed by atoms with van der Waals surface area (Å²) in [6, 6.07) is 0. The highest BCUT2D eigenvalue weighted by atomic mass is 16.6. The van der Waals surface area contributed by atoms with Crippen molar-refractivity contribution in [2.75, 3.05) is 20.2 Å². The van der Waals surface area contributed by atoms with Crippen LogP contribution < -0.4 is 5.32 Å². The molecule has 0 bridgehead atoms. The fourth-order valence-electron chi connectivity index (χ4n) is 1.85. The van der Waals surface area contributed by atoms with Crippen molar-refractivity contribution in [1.82, 2.24) is 5.32 Å². The Kier molecular flexibility index (Phi) is 4.83. The fraction of sp³-hybridized carbons (Fsp3) is 0.900. The summed E-state index contributed by atoms with van der Waals surface area (Å²) < 4.78 is 0. The van der Waals surface area contributed by atoms with E-state index in [1.165, 1.54) is 18.6 Å². The molecule has 0 atom stereocenters. The predicted octanol–water partition coefficient (Wildman–Crippen LogP) is 1.79. The molecule has 0 radical (unpaired) electrons. The summed E-state index contributed by atoms with van der Waals surface area (Å²) in [5.74, 6) is 0.654. The number of piperidine rings is 1. The van der Waals surface area contributed by atoms with E-state index >= 15 is 0 Å². The second-order valence-corrected chi connectivity index (χ2v) is 3.54. The molecule has 0 unspecified atom stereocenters. The van der Waals surface area contributed by atoms with Gasteiger partial charge in [0.2, 0.25) is 0 Å². The van der Waals surface area contributed by atoms with Crippen LogP contribution >= 0.6 is 0 Å². The molecule has 1 fully saturated rings. The fourth-order valence-corrected chi connectivity index (χ4v) is 1.85. The summed E-state index contributed by atoms with van der Waals surface area (Å²) in [6.45, 7) is 4.43. The third kappa shape index (κ3) is 3.35. The van der Waals surface area contributed by atoms with Gasteiger partial charge < -0.3 is 10.2 Å². The predicted molar refractivity (Wildman–Crippen MR) is 54.9 cm³/mol. The number of nitrogens with zero attached hydrogens (tertiary/aromatic N) is 1. The van der Waals surface area contributed by atoms with E-state index in [0.29, 0.717) is 5.92 Å². The largest absolute Gasteiger partial charge is 0.399 e. The molecule has 0 aromatic carbocycles. The molecule has 0 aromatic heterocycles. The number of oxime groups is 1. The van der Waals surface area contributed by atoms with Gasteiger partial charge in [-0.1, -0.05) is 18.5 Å². The van der Waals surface area contributed by atoms with Gasteiger partial charge in [0.25, 0.3) is 0 Å².